The molecule has 1 amide bonds. The van der Waals surface area contributed by atoms with Crippen LogP contribution in [0.25, 0.3) is 4.91 Å². The van der Waals surface area contributed by atoms with Gasteiger partial charge in [-0.15, -0.1) is 12.4 Å². The second-order valence-electron chi connectivity index (χ2n) is 6.62. The van der Waals surface area contributed by atoms with E-state index in [0.29, 0.717) is 11.1 Å². The summed E-state index contributed by atoms with van der Waals surface area (Å²) in [5, 5.41) is 0. The van der Waals surface area contributed by atoms with E-state index < -0.39 is 27.5 Å². The molecule has 1 aromatic rings. The first-order chi connectivity index (χ1) is 11.5. The second-order valence-corrected chi connectivity index (χ2v) is 8.24. The monoisotopic (exact) mass is 406 g/mol. The minimum Gasteiger partial charge on any atom is -0.372 e. The number of nitrogens with zero attached hydrogens (tertiary/aromatic N) is 1. The van der Waals surface area contributed by atoms with E-state index in [2.05, 4.69) is 4.72 Å². The van der Waals surface area contributed by atoms with Crippen molar-refractivity contribution in [1.29, 1.82) is 0 Å². The number of carbonyl (C=O) groups excluding carboxylic acids is 1. The molecule has 26 heavy (non-hydrogen) atoms. The molecule has 1 aromatic carbocycles. The third-order valence-electron chi connectivity index (χ3n) is 4.27. The molecule has 0 aromatic heterocycles. The number of ether oxygens (including phenoxy) is 1. The number of likely N-dealkylation sites (N-methyl/N-ethyl adjacent to an activating group) is 1. The van der Waals surface area contributed by atoms with Gasteiger partial charge in [0.1, 0.15) is 11.9 Å². The molecule has 1 aliphatic rings. The van der Waals surface area contributed by atoms with Gasteiger partial charge < -0.3 is 9.64 Å². The summed E-state index contributed by atoms with van der Waals surface area (Å²) < 4.78 is 46.1. The van der Waals surface area contributed by atoms with Crippen LogP contribution in [-0.2, 0) is 19.6 Å². The average molecular weight is 407 g/mol. The van der Waals surface area contributed by atoms with Crippen LogP contribution in [0.2, 0.25) is 0 Å². The lowest BCUT2D eigenvalue weighted by Crippen LogP contribution is -2.43. The van der Waals surface area contributed by atoms with E-state index in [4.69, 9.17) is 4.74 Å². The van der Waals surface area contributed by atoms with E-state index in [1.165, 1.54) is 36.3 Å². The van der Waals surface area contributed by atoms with Crippen LogP contribution < -0.4 is 4.72 Å². The molecule has 146 valence electrons. The number of amides is 1. The first-order valence-corrected chi connectivity index (χ1v) is 9.29. The number of nitrogens with one attached hydrogen (secondary N) is 1. The van der Waals surface area contributed by atoms with Crippen molar-refractivity contribution < 1.29 is 22.3 Å². The van der Waals surface area contributed by atoms with Gasteiger partial charge in [-0.1, -0.05) is 12.1 Å². The van der Waals surface area contributed by atoms with Crippen LogP contribution in [0.3, 0.4) is 0 Å². The van der Waals surface area contributed by atoms with Crippen LogP contribution in [0.1, 0.15) is 26.3 Å². The fourth-order valence-corrected chi connectivity index (χ4v) is 4.81. The van der Waals surface area contributed by atoms with Crippen molar-refractivity contribution >= 4 is 33.2 Å². The zero-order valence-electron chi connectivity index (χ0n) is 15.4. The van der Waals surface area contributed by atoms with E-state index in [1.54, 1.807) is 27.8 Å². The van der Waals surface area contributed by atoms with Gasteiger partial charge in [0.05, 0.1) is 10.4 Å². The summed E-state index contributed by atoms with van der Waals surface area (Å²) >= 11 is 0. The van der Waals surface area contributed by atoms with Crippen molar-refractivity contribution in [2.24, 2.45) is 0 Å². The largest absolute Gasteiger partial charge is 0.372 e. The molecule has 1 atom stereocenters. The van der Waals surface area contributed by atoms with Gasteiger partial charge >= 0.3 is 0 Å². The Morgan fingerprint density at radius 2 is 1.85 bits per heavy atom. The summed E-state index contributed by atoms with van der Waals surface area (Å²) in [6.45, 7) is 5.20. The highest BCUT2D eigenvalue weighted by Gasteiger charge is 2.43. The number of methoxy groups -OCH3 is 1. The molecule has 1 heterocycles. The van der Waals surface area contributed by atoms with E-state index in [-0.39, 0.29) is 29.8 Å². The van der Waals surface area contributed by atoms with Crippen LogP contribution in [0.4, 0.5) is 4.39 Å². The van der Waals surface area contributed by atoms with E-state index >= 15 is 0 Å². The van der Waals surface area contributed by atoms with Crippen LogP contribution in [0.5, 0.6) is 0 Å². The van der Waals surface area contributed by atoms with E-state index in [1.807, 2.05) is 0 Å². The highest BCUT2D eigenvalue weighted by atomic mass is 35.5. The molecule has 6 nitrogen and oxygen atoms in total. The third-order valence-corrected chi connectivity index (χ3v) is 6.06. The Hall–Kier alpha value is -1.48. The minimum atomic E-state index is -3.77. The predicted molar refractivity (Wildman–Crippen MR) is 101 cm³/mol. The first-order valence-electron chi connectivity index (χ1n) is 7.81. The standard InChI is InChI=1S/C17H23FN2O4S.ClH/c1-11(24-5)16(21)20(4)10-14-15(12-6-8-13(18)9-7-12)25(22,23)19-17(14,2)3;/h6-9,11,19H,10H2,1-5H3;1H. The van der Waals surface area contributed by atoms with Crippen LogP contribution in [-0.4, -0.2) is 51.6 Å². The molecule has 0 radical (unpaired) electrons. The fourth-order valence-electron chi connectivity index (χ4n) is 2.82. The van der Waals surface area contributed by atoms with E-state index in [0.717, 1.165) is 0 Å². The summed E-state index contributed by atoms with van der Waals surface area (Å²) in [4.78, 5) is 13.8. The third kappa shape index (κ3) is 4.43. The van der Waals surface area contributed by atoms with Gasteiger partial charge in [-0.3, -0.25) is 4.79 Å². The topological polar surface area (TPSA) is 75.7 Å². The number of rotatable bonds is 5. The molecular formula is C17H24ClFN2O4S. The Morgan fingerprint density at radius 3 is 2.35 bits per heavy atom. The summed E-state index contributed by atoms with van der Waals surface area (Å²) in [7, 11) is -0.742. The molecule has 0 fully saturated rings. The van der Waals surface area contributed by atoms with Crippen LogP contribution >= 0.6 is 12.4 Å². The average Bonchev–Trinajstić information content (AvgIpc) is 2.70. The Kier molecular flexibility index (Phi) is 6.98. The molecule has 0 saturated carbocycles. The maximum atomic E-state index is 13.2. The summed E-state index contributed by atoms with van der Waals surface area (Å²) in [5.74, 6) is -0.705. The zero-order valence-corrected chi connectivity index (χ0v) is 17.0. The van der Waals surface area contributed by atoms with Crippen molar-refractivity contribution in [2.75, 3.05) is 20.7 Å². The number of halogens is 2. The predicted octanol–water partition coefficient (Wildman–Crippen LogP) is 2.16. The molecule has 1 N–H and O–H groups in total. The normalized spacial score (nSPS) is 19.0. The van der Waals surface area contributed by atoms with Gasteiger partial charge in [0.2, 0.25) is 10.0 Å². The molecule has 2 rings (SSSR count). The Labute approximate surface area is 159 Å². The Bertz CT molecular complexity index is 807. The number of benzene rings is 1. The maximum Gasteiger partial charge on any atom is 0.251 e. The molecule has 0 aliphatic carbocycles. The number of hydrogen-bond acceptors (Lipinski definition) is 4. The molecule has 9 heteroatoms. The van der Waals surface area contributed by atoms with Gasteiger partial charge in [0.25, 0.3) is 5.91 Å². The van der Waals surface area contributed by atoms with E-state index in [9.17, 15) is 17.6 Å². The molecule has 0 saturated heterocycles. The van der Waals surface area contributed by atoms with Crippen molar-refractivity contribution in [2.45, 2.75) is 32.4 Å². The number of sulfonamides is 1. The summed E-state index contributed by atoms with van der Waals surface area (Å²) in [5.41, 5.74) is 0.0568. The first kappa shape index (κ1) is 22.6. The molecule has 0 spiro atoms. The van der Waals surface area contributed by atoms with Gasteiger partial charge in [-0.05, 0) is 44.0 Å². The number of carbonyl (C=O) groups is 1. The van der Waals surface area contributed by atoms with Crippen molar-refractivity contribution in [1.82, 2.24) is 9.62 Å². The lowest BCUT2D eigenvalue weighted by atomic mass is 9.92. The lowest BCUT2D eigenvalue weighted by Gasteiger charge is -2.27. The van der Waals surface area contributed by atoms with Crippen LogP contribution in [0, 0.1) is 5.82 Å². The van der Waals surface area contributed by atoms with Crippen molar-refractivity contribution in [3.8, 4) is 0 Å². The lowest BCUT2D eigenvalue weighted by molar-refractivity contribution is -0.139. The minimum absolute atomic E-state index is 0. The van der Waals surface area contributed by atoms with Crippen molar-refractivity contribution in [3.05, 3.63) is 41.2 Å². The second kappa shape index (κ2) is 8.04. The Balaban J connectivity index is 0.00000338. The zero-order chi connectivity index (χ0) is 19.0. The summed E-state index contributed by atoms with van der Waals surface area (Å²) in [6, 6.07) is 5.26. The highest BCUT2D eigenvalue weighted by molar-refractivity contribution is 7.99. The van der Waals surface area contributed by atoms with Crippen LogP contribution in [0.15, 0.2) is 29.8 Å². The molecule has 0 bridgehead atoms. The summed E-state index contributed by atoms with van der Waals surface area (Å²) in [6.07, 6.45) is -0.631. The quantitative estimate of drug-likeness (QED) is 0.813. The SMILES string of the molecule is COC(C)C(=O)N(C)CC1=C(c2ccc(F)cc2)S(=O)(=O)NC1(C)C.Cl. The van der Waals surface area contributed by atoms with Gasteiger partial charge in [0.15, 0.2) is 0 Å². The maximum absolute atomic E-state index is 13.2. The van der Waals surface area contributed by atoms with Gasteiger partial charge in [0, 0.05) is 20.7 Å². The fraction of sp³-hybridized carbons (Fsp3) is 0.471. The van der Waals surface area contributed by atoms with Gasteiger partial charge in [-0.25, -0.2) is 17.5 Å². The molecule has 1 unspecified atom stereocenters. The smallest absolute Gasteiger partial charge is 0.251 e. The molecular weight excluding hydrogens is 383 g/mol. The van der Waals surface area contributed by atoms with Gasteiger partial charge in [-0.2, -0.15) is 0 Å². The highest BCUT2D eigenvalue weighted by Crippen LogP contribution is 2.38. The molecule has 1 aliphatic heterocycles. The number of hydrogen-bond donors (Lipinski definition) is 1. The van der Waals surface area contributed by atoms with Crippen molar-refractivity contribution in [3.63, 3.8) is 0 Å². The Morgan fingerprint density at radius 1 is 1.31 bits per heavy atom.